The molecule has 0 aliphatic rings. The second-order valence-corrected chi connectivity index (χ2v) is 3.78. The van der Waals surface area contributed by atoms with Crippen molar-refractivity contribution in [2.45, 2.75) is 31.9 Å². The highest BCUT2D eigenvalue weighted by Crippen LogP contribution is 2.22. The number of Topliss-reactive ketones (excluding diaryl/α,β-unsaturated/α-hetero) is 1. The Bertz CT molecular complexity index is 384. The number of hydrogen-bond acceptors (Lipinski definition) is 1. The Hall–Kier alpha value is -1.39. The number of alkyl halides is 3. The van der Waals surface area contributed by atoms with Crippen LogP contribution in [0.1, 0.15) is 24.8 Å². The molecule has 0 saturated carbocycles. The summed E-state index contributed by atoms with van der Waals surface area (Å²) >= 11 is 0. The number of carbonyl (C=O) groups is 1. The van der Waals surface area contributed by atoms with Crippen molar-refractivity contribution in [1.82, 2.24) is 0 Å². The minimum Gasteiger partial charge on any atom is -0.299 e. The van der Waals surface area contributed by atoms with Crippen molar-refractivity contribution in [2.75, 3.05) is 0 Å². The predicted molar refractivity (Wildman–Crippen MR) is 55.0 cm³/mol. The van der Waals surface area contributed by atoms with E-state index in [2.05, 4.69) is 0 Å². The van der Waals surface area contributed by atoms with Crippen LogP contribution in [0.4, 0.5) is 17.6 Å². The van der Waals surface area contributed by atoms with Crippen molar-refractivity contribution in [3.63, 3.8) is 0 Å². The van der Waals surface area contributed by atoms with Gasteiger partial charge in [0.05, 0.1) is 0 Å². The number of halogens is 4. The Morgan fingerprint density at radius 1 is 1.18 bits per heavy atom. The van der Waals surface area contributed by atoms with Gasteiger partial charge in [0.2, 0.25) is 0 Å². The molecule has 0 radical (unpaired) electrons. The van der Waals surface area contributed by atoms with Crippen molar-refractivity contribution >= 4 is 5.78 Å². The number of hydrogen-bond donors (Lipinski definition) is 0. The summed E-state index contributed by atoms with van der Waals surface area (Å²) in [5.74, 6) is -0.879. The van der Waals surface area contributed by atoms with Gasteiger partial charge in [-0.3, -0.25) is 4.79 Å². The molecule has 0 aliphatic carbocycles. The Morgan fingerprint density at radius 3 is 2.41 bits per heavy atom. The van der Waals surface area contributed by atoms with Gasteiger partial charge in [0.25, 0.3) is 0 Å². The number of carbonyl (C=O) groups excluding carboxylic acids is 1. The lowest BCUT2D eigenvalue weighted by Gasteiger charge is -2.05. The van der Waals surface area contributed by atoms with E-state index < -0.39 is 18.4 Å². The SMILES string of the molecule is O=C(CCCC(F)(F)F)Cc1ccccc1F. The van der Waals surface area contributed by atoms with Crippen LogP contribution in [0.25, 0.3) is 0 Å². The third kappa shape index (κ3) is 5.47. The zero-order chi connectivity index (χ0) is 12.9. The van der Waals surface area contributed by atoms with E-state index in [1.54, 1.807) is 6.07 Å². The Kier molecular flexibility index (Phi) is 4.66. The molecule has 0 unspecified atom stereocenters. The van der Waals surface area contributed by atoms with Crippen molar-refractivity contribution in [2.24, 2.45) is 0 Å². The molecule has 0 spiro atoms. The average Bonchev–Trinajstić information content (AvgIpc) is 2.19. The minimum absolute atomic E-state index is 0.148. The van der Waals surface area contributed by atoms with Gasteiger partial charge in [-0.15, -0.1) is 0 Å². The molecular weight excluding hydrogens is 236 g/mol. The van der Waals surface area contributed by atoms with Gasteiger partial charge >= 0.3 is 6.18 Å². The van der Waals surface area contributed by atoms with Crippen LogP contribution in [0.15, 0.2) is 24.3 Å². The fourth-order valence-electron chi connectivity index (χ4n) is 1.43. The molecule has 94 valence electrons. The molecule has 0 saturated heterocycles. The molecule has 0 heterocycles. The van der Waals surface area contributed by atoms with E-state index >= 15 is 0 Å². The van der Waals surface area contributed by atoms with Crippen molar-refractivity contribution < 1.29 is 22.4 Å². The molecule has 1 aromatic carbocycles. The molecule has 0 N–H and O–H groups in total. The van der Waals surface area contributed by atoms with E-state index in [1.165, 1.54) is 18.2 Å². The molecule has 0 aromatic heterocycles. The predicted octanol–water partition coefficient (Wildman–Crippen LogP) is 3.67. The van der Waals surface area contributed by atoms with Crippen LogP contribution in [0.3, 0.4) is 0 Å². The third-order valence-electron chi connectivity index (χ3n) is 2.26. The van der Waals surface area contributed by atoms with Gasteiger partial charge in [-0.25, -0.2) is 4.39 Å². The summed E-state index contributed by atoms with van der Waals surface area (Å²) in [5.41, 5.74) is 0.226. The van der Waals surface area contributed by atoms with Crippen molar-refractivity contribution in [3.05, 3.63) is 35.6 Å². The van der Waals surface area contributed by atoms with E-state index in [9.17, 15) is 22.4 Å². The van der Waals surface area contributed by atoms with Crippen LogP contribution in [0.2, 0.25) is 0 Å². The number of benzene rings is 1. The molecule has 1 aromatic rings. The van der Waals surface area contributed by atoms with E-state index in [4.69, 9.17) is 0 Å². The molecule has 0 atom stereocenters. The van der Waals surface area contributed by atoms with Crippen LogP contribution < -0.4 is 0 Å². The maximum Gasteiger partial charge on any atom is 0.389 e. The summed E-state index contributed by atoms with van der Waals surface area (Å²) in [6, 6.07) is 5.75. The number of ketones is 1. The Labute approximate surface area is 96.4 Å². The fraction of sp³-hybridized carbons (Fsp3) is 0.417. The second kappa shape index (κ2) is 5.80. The monoisotopic (exact) mass is 248 g/mol. The molecule has 1 nitrogen and oxygen atoms in total. The second-order valence-electron chi connectivity index (χ2n) is 3.78. The molecule has 0 amide bonds. The summed E-state index contributed by atoms with van der Waals surface area (Å²) in [6.45, 7) is 0. The summed E-state index contributed by atoms with van der Waals surface area (Å²) < 4.78 is 48.6. The normalized spacial score (nSPS) is 11.5. The van der Waals surface area contributed by atoms with Gasteiger partial charge in [0, 0.05) is 19.3 Å². The Balaban J connectivity index is 2.38. The summed E-state index contributed by atoms with van der Waals surface area (Å²) in [5, 5.41) is 0. The maximum atomic E-state index is 13.1. The quantitative estimate of drug-likeness (QED) is 0.726. The van der Waals surface area contributed by atoms with Crippen molar-refractivity contribution in [1.29, 1.82) is 0 Å². The van der Waals surface area contributed by atoms with E-state index in [1.807, 2.05) is 0 Å². The summed E-state index contributed by atoms with van der Waals surface area (Å²) in [6.07, 6.45) is -5.77. The maximum absolute atomic E-state index is 13.1. The lowest BCUT2D eigenvalue weighted by atomic mass is 10.0. The minimum atomic E-state index is -4.24. The van der Waals surface area contributed by atoms with Crippen LogP contribution in [-0.2, 0) is 11.2 Å². The lowest BCUT2D eigenvalue weighted by Crippen LogP contribution is -2.10. The molecule has 1 rings (SSSR count). The highest BCUT2D eigenvalue weighted by atomic mass is 19.4. The first kappa shape index (κ1) is 13.7. The van der Waals surface area contributed by atoms with Gasteiger partial charge < -0.3 is 0 Å². The molecule has 0 aliphatic heterocycles. The summed E-state index contributed by atoms with van der Waals surface area (Å²) in [4.78, 5) is 11.3. The molecule has 0 bridgehead atoms. The Morgan fingerprint density at radius 2 is 1.82 bits per heavy atom. The zero-order valence-electron chi connectivity index (χ0n) is 9.06. The molecule has 0 fully saturated rings. The highest BCUT2D eigenvalue weighted by molar-refractivity contribution is 5.80. The van der Waals surface area contributed by atoms with Gasteiger partial charge in [-0.05, 0) is 18.1 Å². The largest absolute Gasteiger partial charge is 0.389 e. The summed E-state index contributed by atoms with van der Waals surface area (Å²) in [7, 11) is 0. The van der Waals surface area contributed by atoms with Crippen LogP contribution >= 0.6 is 0 Å². The van der Waals surface area contributed by atoms with Crippen LogP contribution in [0.5, 0.6) is 0 Å². The lowest BCUT2D eigenvalue weighted by molar-refractivity contribution is -0.137. The van der Waals surface area contributed by atoms with Crippen LogP contribution in [0, 0.1) is 5.82 Å². The fourth-order valence-corrected chi connectivity index (χ4v) is 1.43. The van der Waals surface area contributed by atoms with Gasteiger partial charge in [0.15, 0.2) is 0 Å². The first-order valence-electron chi connectivity index (χ1n) is 5.20. The first-order chi connectivity index (χ1) is 7.88. The third-order valence-corrected chi connectivity index (χ3v) is 2.26. The first-order valence-corrected chi connectivity index (χ1v) is 5.20. The highest BCUT2D eigenvalue weighted by Gasteiger charge is 2.26. The average molecular weight is 248 g/mol. The smallest absolute Gasteiger partial charge is 0.299 e. The molecule has 5 heteroatoms. The van der Waals surface area contributed by atoms with Gasteiger partial charge in [-0.2, -0.15) is 13.2 Å². The van der Waals surface area contributed by atoms with Crippen molar-refractivity contribution in [3.8, 4) is 0 Å². The van der Waals surface area contributed by atoms with Crippen LogP contribution in [-0.4, -0.2) is 12.0 Å². The zero-order valence-corrected chi connectivity index (χ0v) is 9.06. The van der Waals surface area contributed by atoms with E-state index in [-0.39, 0.29) is 30.6 Å². The standard InChI is InChI=1S/C12H12F4O/c13-11-6-2-1-4-9(11)8-10(17)5-3-7-12(14,15)16/h1-2,4,6H,3,5,7-8H2. The topological polar surface area (TPSA) is 17.1 Å². The molecule has 17 heavy (non-hydrogen) atoms. The van der Waals surface area contributed by atoms with Gasteiger partial charge in [-0.1, -0.05) is 18.2 Å². The van der Waals surface area contributed by atoms with E-state index in [0.717, 1.165) is 0 Å². The molecular formula is C12H12F4O. The number of rotatable bonds is 5. The van der Waals surface area contributed by atoms with E-state index in [0.29, 0.717) is 0 Å². The van der Waals surface area contributed by atoms with Gasteiger partial charge in [0.1, 0.15) is 11.6 Å².